The Morgan fingerprint density at radius 3 is 2.14 bits per heavy atom. The number of benzene rings is 3. The first-order chi connectivity index (χ1) is 17.7. The number of amides is 1. The zero-order valence-electron chi connectivity index (χ0n) is 19.8. The molecule has 5 nitrogen and oxygen atoms in total. The Morgan fingerprint density at radius 1 is 0.778 bits per heavy atom. The summed E-state index contributed by atoms with van der Waals surface area (Å²) in [5, 5.41) is 12.5. The number of carbonyl (C=O) groups excluding carboxylic acids is 1. The maximum Gasteiger partial charge on any atom is 0.287 e. The molecule has 1 amide bonds. The largest absolute Gasteiger partial charge is 0.455 e. The van der Waals surface area contributed by atoms with Gasteiger partial charge in [-0.05, 0) is 47.9 Å². The maximum atomic E-state index is 12.6. The highest BCUT2D eigenvalue weighted by molar-refractivity contribution is 7.98. The molecule has 5 aromatic rings. The SMILES string of the molecule is C[C@H](NC(=O)c1ccc(CSc2ccc(-c3ccc(-c4ccccc4)cc3)nn2)o1)c1ccccc1. The van der Waals surface area contributed by atoms with E-state index in [0.717, 1.165) is 21.8 Å². The molecule has 5 rings (SSSR count). The molecule has 0 aliphatic rings. The van der Waals surface area contributed by atoms with Gasteiger partial charge >= 0.3 is 0 Å². The maximum absolute atomic E-state index is 12.6. The van der Waals surface area contributed by atoms with E-state index in [-0.39, 0.29) is 11.9 Å². The van der Waals surface area contributed by atoms with Crippen LogP contribution in [0, 0.1) is 0 Å². The Balaban J connectivity index is 1.16. The van der Waals surface area contributed by atoms with Gasteiger partial charge in [0, 0.05) is 5.56 Å². The molecular weight excluding hydrogens is 466 g/mol. The van der Waals surface area contributed by atoms with E-state index >= 15 is 0 Å². The molecule has 0 spiro atoms. The third kappa shape index (κ3) is 5.73. The summed E-state index contributed by atoms with van der Waals surface area (Å²) in [6.45, 7) is 1.95. The minimum absolute atomic E-state index is 0.107. The molecule has 178 valence electrons. The average molecular weight is 492 g/mol. The molecule has 0 radical (unpaired) electrons. The normalized spacial score (nSPS) is 11.7. The number of rotatable bonds is 8. The molecule has 1 N–H and O–H groups in total. The monoisotopic (exact) mass is 491 g/mol. The van der Waals surface area contributed by atoms with E-state index in [0.29, 0.717) is 17.3 Å². The van der Waals surface area contributed by atoms with Gasteiger partial charge in [-0.25, -0.2) is 0 Å². The number of nitrogens with zero attached hydrogens (tertiary/aromatic N) is 2. The van der Waals surface area contributed by atoms with E-state index in [1.54, 1.807) is 6.07 Å². The van der Waals surface area contributed by atoms with Gasteiger partial charge in [0.25, 0.3) is 5.91 Å². The van der Waals surface area contributed by atoms with Crippen molar-refractivity contribution in [3.05, 3.63) is 126 Å². The van der Waals surface area contributed by atoms with E-state index in [9.17, 15) is 4.79 Å². The Hall–Kier alpha value is -4.16. The highest BCUT2D eigenvalue weighted by atomic mass is 32.2. The molecule has 0 fully saturated rings. The third-order valence-corrected chi connectivity index (χ3v) is 6.77. The topological polar surface area (TPSA) is 68.0 Å². The summed E-state index contributed by atoms with van der Waals surface area (Å²) < 4.78 is 5.76. The first kappa shape index (κ1) is 23.6. The molecule has 0 aliphatic heterocycles. The van der Waals surface area contributed by atoms with Crippen LogP contribution in [0.25, 0.3) is 22.4 Å². The lowest BCUT2D eigenvalue weighted by atomic mass is 10.0. The Bertz CT molecular complexity index is 1420. The minimum Gasteiger partial charge on any atom is -0.455 e. The molecule has 36 heavy (non-hydrogen) atoms. The molecule has 6 heteroatoms. The summed E-state index contributed by atoms with van der Waals surface area (Å²) in [7, 11) is 0. The van der Waals surface area contributed by atoms with Gasteiger partial charge in [-0.3, -0.25) is 4.79 Å². The summed E-state index contributed by atoms with van der Waals surface area (Å²) >= 11 is 1.51. The van der Waals surface area contributed by atoms with Crippen LogP contribution in [0.1, 0.15) is 34.8 Å². The van der Waals surface area contributed by atoms with Gasteiger partial charge in [-0.2, -0.15) is 0 Å². The lowest BCUT2D eigenvalue weighted by Crippen LogP contribution is -2.26. The van der Waals surface area contributed by atoms with Gasteiger partial charge in [-0.1, -0.05) is 96.7 Å². The fourth-order valence-corrected chi connectivity index (χ4v) is 4.54. The first-order valence-electron chi connectivity index (χ1n) is 11.7. The second kappa shape index (κ2) is 11.1. The molecule has 0 aliphatic carbocycles. The van der Waals surface area contributed by atoms with E-state index in [2.05, 4.69) is 51.9 Å². The fraction of sp³-hybridized carbons (Fsp3) is 0.100. The van der Waals surface area contributed by atoms with E-state index < -0.39 is 0 Å². The summed E-state index contributed by atoms with van der Waals surface area (Å²) in [6.07, 6.45) is 0. The third-order valence-electron chi connectivity index (χ3n) is 5.82. The summed E-state index contributed by atoms with van der Waals surface area (Å²) in [5.41, 5.74) is 5.24. The van der Waals surface area contributed by atoms with Gasteiger partial charge in [0.1, 0.15) is 10.8 Å². The van der Waals surface area contributed by atoms with Gasteiger partial charge in [0.05, 0.1) is 17.5 Å². The van der Waals surface area contributed by atoms with Crippen LogP contribution in [0.3, 0.4) is 0 Å². The van der Waals surface area contributed by atoms with Crippen LogP contribution in [0.2, 0.25) is 0 Å². The minimum atomic E-state index is -0.231. The fourth-order valence-electron chi connectivity index (χ4n) is 3.83. The number of hydrogen-bond donors (Lipinski definition) is 1. The van der Waals surface area contributed by atoms with Crippen molar-refractivity contribution < 1.29 is 9.21 Å². The Kier molecular flexibility index (Phi) is 7.24. The van der Waals surface area contributed by atoms with Crippen molar-refractivity contribution in [3.8, 4) is 22.4 Å². The second-order valence-corrected chi connectivity index (χ2v) is 9.36. The van der Waals surface area contributed by atoms with Crippen LogP contribution >= 0.6 is 11.8 Å². The van der Waals surface area contributed by atoms with Crippen molar-refractivity contribution in [1.82, 2.24) is 15.5 Å². The molecule has 0 bridgehead atoms. The van der Waals surface area contributed by atoms with Crippen LogP contribution in [-0.2, 0) is 5.75 Å². The van der Waals surface area contributed by atoms with E-state index in [4.69, 9.17) is 4.42 Å². The predicted molar refractivity (Wildman–Crippen MR) is 143 cm³/mol. The Morgan fingerprint density at radius 2 is 1.44 bits per heavy atom. The van der Waals surface area contributed by atoms with Gasteiger partial charge in [0.2, 0.25) is 0 Å². The van der Waals surface area contributed by atoms with Crippen molar-refractivity contribution in [2.75, 3.05) is 0 Å². The standard InChI is InChI=1S/C30H25N3O2S/c1-21(22-8-4-2-5-9-22)31-30(34)28-18-16-26(35-28)20-36-29-19-17-27(32-33-29)25-14-12-24(13-15-25)23-10-6-3-7-11-23/h2-19,21H,20H2,1H3,(H,31,34)/t21-/m0/s1. The van der Waals surface area contributed by atoms with Crippen molar-refractivity contribution >= 4 is 17.7 Å². The lowest BCUT2D eigenvalue weighted by molar-refractivity contribution is 0.0910. The van der Waals surface area contributed by atoms with Crippen molar-refractivity contribution in [2.24, 2.45) is 0 Å². The average Bonchev–Trinajstić information content (AvgIpc) is 3.43. The number of aromatic nitrogens is 2. The first-order valence-corrected chi connectivity index (χ1v) is 12.7. The van der Waals surface area contributed by atoms with Crippen LogP contribution in [0.4, 0.5) is 0 Å². The highest BCUT2D eigenvalue weighted by Gasteiger charge is 2.15. The molecule has 0 saturated heterocycles. The zero-order valence-corrected chi connectivity index (χ0v) is 20.6. The number of furan rings is 1. The number of thioether (sulfide) groups is 1. The summed E-state index contributed by atoms with van der Waals surface area (Å²) in [6, 6.07) is 35.8. The van der Waals surface area contributed by atoms with Crippen LogP contribution < -0.4 is 5.32 Å². The van der Waals surface area contributed by atoms with Gasteiger partial charge in [0.15, 0.2) is 5.76 Å². The molecular formula is C30H25N3O2S. The Labute approximate surface area is 214 Å². The number of hydrogen-bond acceptors (Lipinski definition) is 5. The highest BCUT2D eigenvalue weighted by Crippen LogP contribution is 2.26. The molecule has 1 atom stereocenters. The smallest absolute Gasteiger partial charge is 0.287 e. The molecule has 3 aromatic carbocycles. The quantitative estimate of drug-likeness (QED) is 0.233. The molecule has 0 saturated carbocycles. The van der Waals surface area contributed by atoms with Crippen LogP contribution in [0.5, 0.6) is 0 Å². The van der Waals surface area contributed by atoms with Crippen molar-refractivity contribution in [2.45, 2.75) is 23.7 Å². The second-order valence-electron chi connectivity index (χ2n) is 8.36. The summed E-state index contributed by atoms with van der Waals surface area (Å²) in [4.78, 5) is 12.6. The molecule has 2 heterocycles. The van der Waals surface area contributed by atoms with E-state index in [1.807, 2.05) is 73.7 Å². The van der Waals surface area contributed by atoms with Crippen molar-refractivity contribution in [3.63, 3.8) is 0 Å². The molecule has 0 unspecified atom stereocenters. The molecule has 2 aromatic heterocycles. The predicted octanol–water partition coefficient (Wildman–Crippen LogP) is 7.19. The van der Waals surface area contributed by atoms with Crippen LogP contribution in [-0.4, -0.2) is 16.1 Å². The van der Waals surface area contributed by atoms with Crippen molar-refractivity contribution in [1.29, 1.82) is 0 Å². The van der Waals surface area contributed by atoms with E-state index in [1.165, 1.54) is 22.9 Å². The number of carbonyl (C=O) groups is 1. The van der Waals surface area contributed by atoms with Gasteiger partial charge in [-0.15, -0.1) is 10.2 Å². The zero-order chi connectivity index (χ0) is 24.7. The number of nitrogens with one attached hydrogen (secondary N) is 1. The lowest BCUT2D eigenvalue weighted by Gasteiger charge is -2.13. The van der Waals surface area contributed by atoms with Gasteiger partial charge < -0.3 is 9.73 Å². The summed E-state index contributed by atoms with van der Waals surface area (Å²) in [5.74, 6) is 1.33. The van der Waals surface area contributed by atoms with Crippen LogP contribution in [0.15, 0.2) is 119 Å².